The highest BCUT2D eigenvalue weighted by atomic mass is 35.5. The molecule has 0 bridgehead atoms. The van der Waals surface area contributed by atoms with Crippen LogP contribution in [-0.4, -0.2) is 30.1 Å². The predicted octanol–water partition coefficient (Wildman–Crippen LogP) is 2.33. The Hall–Kier alpha value is -1.72. The molecule has 0 fully saturated rings. The summed E-state index contributed by atoms with van der Waals surface area (Å²) in [6.45, 7) is 1.17. The SMILES string of the molecule is CN(CCN)c1nccc(-c2ccc(F)cc2Cl)n1. The summed E-state index contributed by atoms with van der Waals surface area (Å²) in [6.07, 6.45) is 1.64. The van der Waals surface area contributed by atoms with Gasteiger partial charge in [0.05, 0.1) is 10.7 Å². The number of rotatable bonds is 4. The molecule has 0 saturated carbocycles. The van der Waals surface area contributed by atoms with Crippen LogP contribution in [0.5, 0.6) is 0 Å². The van der Waals surface area contributed by atoms with E-state index in [0.717, 1.165) is 0 Å². The maximum Gasteiger partial charge on any atom is 0.225 e. The van der Waals surface area contributed by atoms with E-state index < -0.39 is 0 Å². The molecule has 2 rings (SSSR count). The summed E-state index contributed by atoms with van der Waals surface area (Å²) >= 11 is 6.02. The normalized spacial score (nSPS) is 10.5. The molecule has 0 unspecified atom stereocenters. The molecule has 6 heteroatoms. The van der Waals surface area contributed by atoms with E-state index in [9.17, 15) is 4.39 Å². The van der Waals surface area contributed by atoms with Crippen molar-refractivity contribution in [2.75, 3.05) is 25.0 Å². The van der Waals surface area contributed by atoms with Crippen LogP contribution in [0.4, 0.5) is 10.3 Å². The first-order valence-electron chi connectivity index (χ1n) is 5.81. The lowest BCUT2D eigenvalue weighted by Gasteiger charge is -2.16. The number of anilines is 1. The number of aromatic nitrogens is 2. The summed E-state index contributed by atoms with van der Waals surface area (Å²) < 4.78 is 13.0. The third-order valence-corrected chi connectivity index (χ3v) is 2.97. The zero-order chi connectivity index (χ0) is 13.8. The van der Waals surface area contributed by atoms with Crippen molar-refractivity contribution in [2.24, 2.45) is 5.73 Å². The van der Waals surface area contributed by atoms with Gasteiger partial charge in [0.1, 0.15) is 5.82 Å². The van der Waals surface area contributed by atoms with Crippen molar-refractivity contribution in [1.29, 1.82) is 0 Å². The number of hydrogen-bond donors (Lipinski definition) is 1. The molecule has 2 N–H and O–H groups in total. The topological polar surface area (TPSA) is 55.0 Å². The number of nitrogens with zero attached hydrogens (tertiary/aromatic N) is 3. The van der Waals surface area contributed by atoms with Crippen molar-refractivity contribution >= 4 is 17.5 Å². The molecule has 0 aliphatic heterocycles. The van der Waals surface area contributed by atoms with Crippen LogP contribution in [0.3, 0.4) is 0 Å². The molecule has 1 heterocycles. The fraction of sp³-hybridized carbons (Fsp3) is 0.231. The summed E-state index contributed by atoms with van der Waals surface area (Å²) in [5, 5.41) is 0.325. The van der Waals surface area contributed by atoms with Crippen molar-refractivity contribution in [3.8, 4) is 11.3 Å². The highest BCUT2D eigenvalue weighted by Crippen LogP contribution is 2.27. The third-order valence-electron chi connectivity index (χ3n) is 2.66. The van der Waals surface area contributed by atoms with Gasteiger partial charge >= 0.3 is 0 Å². The Morgan fingerprint density at radius 2 is 2.16 bits per heavy atom. The van der Waals surface area contributed by atoms with Crippen LogP contribution in [0.25, 0.3) is 11.3 Å². The third kappa shape index (κ3) is 3.19. The molecule has 100 valence electrons. The Morgan fingerprint density at radius 1 is 1.37 bits per heavy atom. The smallest absolute Gasteiger partial charge is 0.225 e. The largest absolute Gasteiger partial charge is 0.343 e. The van der Waals surface area contributed by atoms with Gasteiger partial charge in [-0.1, -0.05) is 11.6 Å². The number of hydrogen-bond acceptors (Lipinski definition) is 4. The maximum absolute atomic E-state index is 13.0. The van der Waals surface area contributed by atoms with Gasteiger partial charge in [0.25, 0.3) is 0 Å². The van der Waals surface area contributed by atoms with Crippen molar-refractivity contribution in [3.05, 3.63) is 41.3 Å². The summed E-state index contributed by atoms with van der Waals surface area (Å²) in [6, 6.07) is 5.96. The number of nitrogens with two attached hydrogens (primary N) is 1. The maximum atomic E-state index is 13.0. The zero-order valence-electron chi connectivity index (χ0n) is 10.5. The molecule has 4 nitrogen and oxygen atoms in total. The lowest BCUT2D eigenvalue weighted by Crippen LogP contribution is -2.26. The fourth-order valence-corrected chi connectivity index (χ4v) is 1.94. The van der Waals surface area contributed by atoms with Crippen LogP contribution in [0.2, 0.25) is 5.02 Å². The molecule has 0 aliphatic carbocycles. The minimum atomic E-state index is -0.372. The van der Waals surface area contributed by atoms with Gasteiger partial charge in [-0.05, 0) is 24.3 Å². The highest BCUT2D eigenvalue weighted by Gasteiger charge is 2.09. The van der Waals surface area contributed by atoms with Crippen molar-refractivity contribution in [3.63, 3.8) is 0 Å². The Kier molecular flexibility index (Phi) is 4.29. The van der Waals surface area contributed by atoms with Crippen LogP contribution < -0.4 is 10.6 Å². The van der Waals surface area contributed by atoms with Gasteiger partial charge in [-0.25, -0.2) is 14.4 Å². The standard InChI is InChI=1S/C13H14ClFN4/c1-19(7-5-16)13-17-6-4-12(18-13)10-3-2-9(15)8-11(10)14/h2-4,6,8H,5,7,16H2,1H3. The fourth-order valence-electron chi connectivity index (χ4n) is 1.67. The van der Waals surface area contributed by atoms with Gasteiger partial charge < -0.3 is 10.6 Å². The van der Waals surface area contributed by atoms with E-state index in [-0.39, 0.29) is 5.82 Å². The lowest BCUT2D eigenvalue weighted by atomic mass is 10.1. The van der Waals surface area contributed by atoms with E-state index in [0.29, 0.717) is 35.3 Å². The van der Waals surface area contributed by atoms with Crippen molar-refractivity contribution in [2.45, 2.75) is 0 Å². The van der Waals surface area contributed by atoms with Gasteiger partial charge in [-0.3, -0.25) is 0 Å². The molecule has 0 amide bonds. The summed E-state index contributed by atoms with van der Waals surface area (Å²) in [5.41, 5.74) is 6.82. The van der Waals surface area contributed by atoms with Gasteiger partial charge in [-0.2, -0.15) is 0 Å². The number of halogens is 2. The zero-order valence-corrected chi connectivity index (χ0v) is 11.2. The van der Waals surface area contributed by atoms with Crippen LogP contribution in [0, 0.1) is 5.82 Å². The summed E-state index contributed by atoms with van der Waals surface area (Å²) in [5.74, 6) is 0.187. The second-order valence-electron chi connectivity index (χ2n) is 4.08. The van der Waals surface area contributed by atoms with E-state index in [1.54, 1.807) is 18.3 Å². The molecule has 0 spiro atoms. The second-order valence-corrected chi connectivity index (χ2v) is 4.48. The molecule has 0 radical (unpaired) electrons. The average Bonchev–Trinajstić information content (AvgIpc) is 2.39. The summed E-state index contributed by atoms with van der Waals surface area (Å²) in [7, 11) is 1.86. The van der Waals surface area contributed by atoms with Crippen molar-refractivity contribution < 1.29 is 4.39 Å². The Labute approximate surface area is 116 Å². The number of benzene rings is 1. The van der Waals surface area contributed by atoms with E-state index in [1.807, 2.05) is 11.9 Å². The molecular weight excluding hydrogens is 267 g/mol. The van der Waals surface area contributed by atoms with Crippen molar-refractivity contribution in [1.82, 2.24) is 9.97 Å². The van der Waals surface area contributed by atoms with E-state index >= 15 is 0 Å². The average molecular weight is 281 g/mol. The van der Waals surface area contributed by atoms with Gasteiger partial charge in [0.15, 0.2) is 0 Å². The molecule has 1 aromatic heterocycles. The minimum Gasteiger partial charge on any atom is -0.343 e. The van der Waals surface area contributed by atoms with Gasteiger partial charge in [-0.15, -0.1) is 0 Å². The Morgan fingerprint density at radius 3 is 2.84 bits per heavy atom. The van der Waals surface area contributed by atoms with Crippen LogP contribution >= 0.6 is 11.6 Å². The molecule has 0 saturated heterocycles. The predicted molar refractivity (Wildman–Crippen MR) is 74.8 cm³/mol. The Bertz CT molecular complexity index is 576. The molecule has 19 heavy (non-hydrogen) atoms. The van der Waals surface area contributed by atoms with Gasteiger partial charge in [0.2, 0.25) is 5.95 Å². The van der Waals surface area contributed by atoms with Crippen LogP contribution in [0.15, 0.2) is 30.5 Å². The van der Waals surface area contributed by atoms with Crippen LogP contribution in [-0.2, 0) is 0 Å². The molecule has 1 aromatic carbocycles. The first-order valence-corrected chi connectivity index (χ1v) is 6.19. The van der Waals surface area contributed by atoms with E-state index in [4.69, 9.17) is 17.3 Å². The molecule has 0 aliphatic rings. The Balaban J connectivity index is 2.37. The molecule has 0 atom stereocenters. The quantitative estimate of drug-likeness (QED) is 0.934. The van der Waals surface area contributed by atoms with E-state index in [1.165, 1.54) is 12.1 Å². The van der Waals surface area contributed by atoms with Gasteiger partial charge in [0, 0.05) is 31.9 Å². The molecular formula is C13H14ClFN4. The first-order chi connectivity index (χ1) is 9.11. The van der Waals surface area contributed by atoms with Crippen LogP contribution in [0.1, 0.15) is 0 Å². The number of likely N-dealkylation sites (N-methyl/N-ethyl adjacent to an activating group) is 1. The second kappa shape index (κ2) is 5.95. The summed E-state index contributed by atoms with van der Waals surface area (Å²) in [4.78, 5) is 10.4. The highest BCUT2D eigenvalue weighted by molar-refractivity contribution is 6.33. The first kappa shape index (κ1) is 13.7. The minimum absolute atomic E-state index is 0.325. The van der Waals surface area contributed by atoms with E-state index in [2.05, 4.69) is 9.97 Å². The molecule has 2 aromatic rings. The lowest BCUT2D eigenvalue weighted by molar-refractivity contribution is 0.628. The monoisotopic (exact) mass is 280 g/mol.